The van der Waals surface area contributed by atoms with Gasteiger partial charge in [-0.25, -0.2) is 0 Å². The summed E-state index contributed by atoms with van der Waals surface area (Å²) in [5, 5.41) is 0. The number of rotatable bonds is 9. The third kappa shape index (κ3) is 6.40. The van der Waals surface area contributed by atoms with Gasteiger partial charge in [-0.3, -0.25) is 9.59 Å². The van der Waals surface area contributed by atoms with Crippen molar-refractivity contribution in [2.45, 2.75) is 38.6 Å². The number of nitrogens with zero attached hydrogens (tertiary/aromatic N) is 1. The summed E-state index contributed by atoms with van der Waals surface area (Å²) in [6, 6.07) is 9.30. The average molecular weight is 291 g/mol. The lowest BCUT2D eigenvalue weighted by Crippen LogP contribution is -2.47. The molecule has 1 unspecified atom stereocenters. The SMILES string of the molecule is CCCCN(CC(N)=O)C(=O)C(N)CCc1ccccc1. The molecule has 1 rings (SSSR count). The van der Waals surface area contributed by atoms with Crippen molar-refractivity contribution >= 4 is 11.8 Å². The molecule has 0 saturated carbocycles. The number of carbonyl (C=O) groups excluding carboxylic acids is 2. The first-order chi connectivity index (χ1) is 10.0. The van der Waals surface area contributed by atoms with E-state index in [9.17, 15) is 9.59 Å². The number of amides is 2. The largest absolute Gasteiger partial charge is 0.368 e. The fraction of sp³-hybridized carbons (Fsp3) is 0.500. The maximum absolute atomic E-state index is 12.3. The van der Waals surface area contributed by atoms with Gasteiger partial charge < -0.3 is 16.4 Å². The van der Waals surface area contributed by atoms with E-state index in [-0.39, 0.29) is 12.5 Å². The number of hydrogen-bond acceptors (Lipinski definition) is 3. The average Bonchev–Trinajstić information content (AvgIpc) is 2.49. The standard InChI is InChI=1S/C16H25N3O2/c1-2-3-11-19(12-15(18)20)16(21)14(17)10-9-13-7-5-4-6-8-13/h4-8,14H,2-3,9-12,17H2,1H3,(H2,18,20). The van der Waals surface area contributed by atoms with Gasteiger partial charge in [0.05, 0.1) is 12.6 Å². The summed E-state index contributed by atoms with van der Waals surface area (Å²) >= 11 is 0. The predicted molar refractivity (Wildman–Crippen MR) is 83.4 cm³/mol. The van der Waals surface area contributed by atoms with Crippen LogP contribution in [0.15, 0.2) is 30.3 Å². The highest BCUT2D eigenvalue weighted by Crippen LogP contribution is 2.07. The molecule has 0 aromatic heterocycles. The zero-order chi connectivity index (χ0) is 15.7. The van der Waals surface area contributed by atoms with Crippen molar-refractivity contribution in [3.05, 3.63) is 35.9 Å². The van der Waals surface area contributed by atoms with Crippen LogP contribution in [0, 0.1) is 0 Å². The van der Waals surface area contributed by atoms with Crippen molar-refractivity contribution in [2.24, 2.45) is 11.5 Å². The summed E-state index contributed by atoms with van der Waals surface area (Å²) < 4.78 is 0. The Labute approximate surface area is 126 Å². The highest BCUT2D eigenvalue weighted by atomic mass is 16.2. The predicted octanol–water partition coefficient (Wildman–Crippen LogP) is 1.06. The smallest absolute Gasteiger partial charge is 0.239 e. The molecule has 1 aromatic rings. The molecule has 116 valence electrons. The number of carbonyl (C=O) groups is 2. The van der Waals surface area contributed by atoms with Gasteiger partial charge in [-0.2, -0.15) is 0 Å². The van der Waals surface area contributed by atoms with Crippen LogP contribution in [-0.2, 0) is 16.0 Å². The molecule has 0 radical (unpaired) electrons. The second kappa shape index (κ2) is 9.13. The van der Waals surface area contributed by atoms with Crippen molar-refractivity contribution in [1.29, 1.82) is 0 Å². The van der Waals surface area contributed by atoms with Gasteiger partial charge >= 0.3 is 0 Å². The summed E-state index contributed by atoms with van der Waals surface area (Å²) in [5.41, 5.74) is 12.3. The van der Waals surface area contributed by atoms with Crippen molar-refractivity contribution in [3.8, 4) is 0 Å². The number of primary amides is 1. The van der Waals surface area contributed by atoms with E-state index in [1.54, 1.807) is 0 Å². The maximum atomic E-state index is 12.3. The molecule has 0 bridgehead atoms. The Balaban J connectivity index is 2.54. The molecule has 0 heterocycles. The van der Waals surface area contributed by atoms with E-state index in [2.05, 4.69) is 0 Å². The van der Waals surface area contributed by atoms with Gasteiger partial charge in [0.1, 0.15) is 0 Å². The Morgan fingerprint density at radius 3 is 2.48 bits per heavy atom. The van der Waals surface area contributed by atoms with Crippen LogP contribution < -0.4 is 11.5 Å². The van der Waals surface area contributed by atoms with Gasteiger partial charge in [0, 0.05) is 6.54 Å². The first kappa shape index (κ1) is 17.2. The van der Waals surface area contributed by atoms with E-state index in [1.165, 1.54) is 4.90 Å². The third-order valence-electron chi connectivity index (χ3n) is 3.34. The van der Waals surface area contributed by atoms with Crippen molar-refractivity contribution < 1.29 is 9.59 Å². The van der Waals surface area contributed by atoms with Crippen LogP contribution >= 0.6 is 0 Å². The second-order valence-electron chi connectivity index (χ2n) is 5.21. The molecule has 0 aliphatic rings. The molecule has 0 aliphatic carbocycles. The number of unbranched alkanes of at least 4 members (excludes halogenated alkanes) is 1. The first-order valence-corrected chi connectivity index (χ1v) is 7.41. The van der Waals surface area contributed by atoms with Crippen molar-refractivity contribution in [3.63, 3.8) is 0 Å². The fourth-order valence-electron chi connectivity index (χ4n) is 2.13. The highest BCUT2D eigenvalue weighted by molar-refractivity contribution is 5.86. The van der Waals surface area contributed by atoms with Crippen LogP contribution in [0.4, 0.5) is 0 Å². The number of aryl methyl sites for hydroxylation is 1. The summed E-state index contributed by atoms with van der Waals surface area (Å²) in [6.45, 7) is 2.50. The normalized spacial score (nSPS) is 11.9. The summed E-state index contributed by atoms with van der Waals surface area (Å²) in [6.07, 6.45) is 3.09. The van der Waals surface area contributed by atoms with E-state index >= 15 is 0 Å². The van der Waals surface area contributed by atoms with E-state index in [0.29, 0.717) is 13.0 Å². The van der Waals surface area contributed by atoms with Crippen molar-refractivity contribution in [2.75, 3.05) is 13.1 Å². The minimum absolute atomic E-state index is 0.0577. The van der Waals surface area contributed by atoms with Crippen LogP contribution in [0.25, 0.3) is 0 Å². The molecule has 4 N–H and O–H groups in total. The topological polar surface area (TPSA) is 89.4 Å². The molecule has 0 aliphatic heterocycles. The molecule has 0 fully saturated rings. The van der Waals surface area contributed by atoms with Crippen molar-refractivity contribution in [1.82, 2.24) is 4.90 Å². The van der Waals surface area contributed by atoms with Crippen LogP contribution in [0.1, 0.15) is 31.7 Å². The minimum atomic E-state index is -0.596. The lowest BCUT2D eigenvalue weighted by atomic mass is 10.0. The van der Waals surface area contributed by atoms with Crippen LogP contribution in [0.3, 0.4) is 0 Å². The molecule has 1 aromatic carbocycles. The summed E-state index contributed by atoms with van der Waals surface area (Å²) in [4.78, 5) is 24.8. The van der Waals surface area contributed by atoms with Gasteiger partial charge in [-0.1, -0.05) is 43.7 Å². The quantitative estimate of drug-likeness (QED) is 0.713. The lowest BCUT2D eigenvalue weighted by Gasteiger charge is -2.24. The molecular formula is C16H25N3O2. The van der Waals surface area contributed by atoms with Crippen LogP contribution in [0.2, 0.25) is 0 Å². The molecule has 2 amide bonds. The molecular weight excluding hydrogens is 266 g/mol. The zero-order valence-electron chi connectivity index (χ0n) is 12.6. The van der Waals surface area contributed by atoms with E-state index in [0.717, 1.165) is 24.8 Å². The van der Waals surface area contributed by atoms with E-state index in [4.69, 9.17) is 11.5 Å². The van der Waals surface area contributed by atoms with Gasteiger partial charge in [0.2, 0.25) is 11.8 Å². The Morgan fingerprint density at radius 1 is 1.24 bits per heavy atom. The second-order valence-corrected chi connectivity index (χ2v) is 5.21. The van der Waals surface area contributed by atoms with Crippen LogP contribution in [-0.4, -0.2) is 35.8 Å². The van der Waals surface area contributed by atoms with E-state index < -0.39 is 11.9 Å². The highest BCUT2D eigenvalue weighted by Gasteiger charge is 2.21. The number of benzene rings is 1. The third-order valence-corrected chi connectivity index (χ3v) is 3.34. The summed E-state index contributed by atoms with van der Waals surface area (Å²) in [7, 11) is 0. The maximum Gasteiger partial charge on any atom is 0.239 e. The Kier molecular flexibility index (Phi) is 7.46. The summed E-state index contributed by atoms with van der Waals surface area (Å²) in [5.74, 6) is -0.701. The fourth-order valence-corrected chi connectivity index (χ4v) is 2.13. The molecule has 1 atom stereocenters. The van der Waals surface area contributed by atoms with Gasteiger partial charge in [0.15, 0.2) is 0 Å². The van der Waals surface area contributed by atoms with Gasteiger partial charge in [0.25, 0.3) is 0 Å². The molecule has 21 heavy (non-hydrogen) atoms. The Bertz CT molecular complexity index is 448. The minimum Gasteiger partial charge on any atom is -0.368 e. The van der Waals surface area contributed by atoms with E-state index in [1.807, 2.05) is 37.3 Å². The Hall–Kier alpha value is -1.88. The lowest BCUT2D eigenvalue weighted by molar-refractivity contribution is -0.136. The van der Waals surface area contributed by atoms with Gasteiger partial charge in [-0.15, -0.1) is 0 Å². The monoisotopic (exact) mass is 291 g/mol. The molecule has 0 spiro atoms. The molecule has 5 heteroatoms. The first-order valence-electron chi connectivity index (χ1n) is 7.41. The van der Waals surface area contributed by atoms with Crippen LogP contribution in [0.5, 0.6) is 0 Å². The number of hydrogen-bond donors (Lipinski definition) is 2. The molecule has 5 nitrogen and oxygen atoms in total. The number of nitrogens with two attached hydrogens (primary N) is 2. The molecule has 0 saturated heterocycles. The zero-order valence-corrected chi connectivity index (χ0v) is 12.6. The Morgan fingerprint density at radius 2 is 1.90 bits per heavy atom. The van der Waals surface area contributed by atoms with Gasteiger partial charge in [-0.05, 0) is 24.8 Å².